The number of allylic oxidation sites excluding steroid dienone is 4. The van der Waals surface area contributed by atoms with Crippen molar-refractivity contribution in [3.05, 3.63) is 69.7 Å². The number of carboxylic acids is 1. The quantitative estimate of drug-likeness (QED) is 0.424. The number of aromatic carboxylic acids is 1. The largest absolute Gasteiger partial charge is 0.477 e. The van der Waals surface area contributed by atoms with Crippen LogP contribution in [-0.2, 0) is 23.1 Å². The van der Waals surface area contributed by atoms with Crippen LogP contribution in [0.4, 0.5) is 0 Å². The van der Waals surface area contributed by atoms with Gasteiger partial charge >= 0.3 is 5.97 Å². The smallest absolute Gasteiger partial charge is 0.354 e. The maximum atomic E-state index is 12.5. The Hall–Kier alpha value is -2.21. The second-order valence-electron chi connectivity index (χ2n) is 7.96. The van der Waals surface area contributed by atoms with Crippen LogP contribution in [0.1, 0.15) is 23.1 Å². The molecule has 2 aromatic heterocycles. The Labute approximate surface area is 225 Å². The molecule has 1 N–H and O–H groups in total. The molecule has 9 nitrogen and oxygen atoms in total. The Bertz CT molecular complexity index is 1300. The van der Waals surface area contributed by atoms with Gasteiger partial charge in [-0.1, -0.05) is 47.5 Å². The molecule has 1 aliphatic heterocycles. The number of aromatic nitrogens is 3. The molecule has 2 aromatic rings. The van der Waals surface area contributed by atoms with Gasteiger partial charge < -0.3 is 9.67 Å². The van der Waals surface area contributed by atoms with Gasteiger partial charge in [-0.2, -0.15) is 4.31 Å². The highest BCUT2D eigenvalue weighted by Crippen LogP contribution is 2.28. The van der Waals surface area contributed by atoms with E-state index in [4.69, 9.17) is 34.8 Å². The second kappa shape index (κ2) is 12.4. The molecule has 0 spiro atoms. The molecule has 0 amide bonds. The first-order valence-electron chi connectivity index (χ1n) is 11.0. The van der Waals surface area contributed by atoms with Gasteiger partial charge in [0.2, 0.25) is 10.0 Å². The van der Waals surface area contributed by atoms with Crippen molar-refractivity contribution in [3.63, 3.8) is 0 Å². The summed E-state index contributed by atoms with van der Waals surface area (Å²) in [6.45, 7) is 7.10. The lowest BCUT2D eigenvalue weighted by Crippen LogP contribution is -2.48. The van der Waals surface area contributed by atoms with E-state index in [9.17, 15) is 18.3 Å². The third kappa shape index (κ3) is 6.56. The average molecular weight is 575 g/mol. The Balaban J connectivity index is 2.05. The number of pyridine rings is 1. The van der Waals surface area contributed by atoms with Crippen molar-refractivity contribution in [1.82, 2.24) is 23.7 Å². The summed E-state index contributed by atoms with van der Waals surface area (Å²) in [6, 6.07) is 1.65. The summed E-state index contributed by atoms with van der Waals surface area (Å²) in [4.78, 5) is 23.2. The summed E-state index contributed by atoms with van der Waals surface area (Å²) < 4.78 is 27.4. The van der Waals surface area contributed by atoms with Crippen molar-refractivity contribution in [2.75, 3.05) is 31.9 Å². The van der Waals surface area contributed by atoms with Gasteiger partial charge in [0, 0.05) is 61.2 Å². The summed E-state index contributed by atoms with van der Waals surface area (Å²) in [7, 11) is -3.28. The van der Waals surface area contributed by atoms with Crippen molar-refractivity contribution in [3.8, 4) is 11.4 Å². The molecule has 1 fully saturated rings. The SMILES string of the molecule is C=C/C(Cl)=C(\C=C\Cl)Cn1c(-c2cncc(Cl)c2)nc(CN2CCN(S(=O)(=O)CC)CC2)c1C(=O)O. The van der Waals surface area contributed by atoms with Crippen molar-refractivity contribution < 1.29 is 18.3 Å². The Kier molecular flexibility index (Phi) is 9.73. The van der Waals surface area contributed by atoms with Crippen LogP contribution in [-0.4, -0.2) is 75.2 Å². The van der Waals surface area contributed by atoms with Crippen LogP contribution in [0.25, 0.3) is 11.4 Å². The number of piperazine rings is 1. The van der Waals surface area contributed by atoms with Gasteiger partial charge in [-0.3, -0.25) is 9.88 Å². The fraction of sp³-hybridized carbons (Fsp3) is 0.348. The van der Waals surface area contributed by atoms with Gasteiger partial charge in [0.25, 0.3) is 0 Å². The molecule has 0 bridgehead atoms. The molecule has 0 aliphatic carbocycles. The first-order chi connectivity index (χ1) is 17.1. The number of hydrogen-bond acceptors (Lipinski definition) is 6. The van der Waals surface area contributed by atoms with Gasteiger partial charge in [-0.25, -0.2) is 18.2 Å². The number of halogens is 3. The molecule has 3 heterocycles. The standard InChI is InChI=1S/C23H26Cl3N5O4S/c1-3-19(26)16(5-6-24)14-31-21(23(32)33)20(28-22(31)17-11-18(25)13-27-12-17)15-29-7-9-30(10-8-29)36(34,35)4-2/h3,5-6,11-13H,1,4,7-10,14-15H2,2H3,(H,32,33)/b6-5+,19-16-. The molecular formula is C23H26Cl3N5O4S. The average Bonchev–Trinajstić information content (AvgIpc) is 3.21. The first-order valence-corrected chi connectivity index (χ1v) is 13.8. The zero-order valence-electron chi connectivity index (χ0n) is 19.6. The number of sulfonamides is 1. The third-order valence-corrected chi connectivity index (χ3v) is 8.36. The summed E-state index contributed by atoms with van der Waals surface area (Å²) in [5.41, 5.74) is 2.64. The van der Waals surface area contributed by atoms with E-state index in [0.717, 1.165) is 0 Å². The maximum absolute atomic E-state index is 12.5. The van der Waals surface area contributed by atoms with Gasteiger partial charge in [0.15, 0.2) is 5.69 Å². The number of hydrogen-bond donors (Lipinski definition) is 1. The summed E-state index contributed by atoms with van der Waals surface area (Å²) in [5, 5.41) is 10.9. The van der Waals surface area contributed by atoms with E-state index in [1.54, 1.807) is 25.3 Å². The van der Waals surface area contributed by atoms with Crippen LogP contribution in [0.3, 0.4) is 0 Å². The molecule has 0 radical (unpaired) electrons. The van der Waals surface area contributed by atoms with Crippen LogP contribution < -0.4 is 0 Å². The number of nitrogens with zero attached hydrogens (tertiary/aromatic N) is 5. The van der Waals surface area contributed by atoms with E-state index in [2.05, 4.69) is 16.5 Å². The van der Waals surface area contributed by atoms with Crippen LogP contribution in [0.5, 0.6) is 0 Å². The molecule has 194 valence electrons. The zero-order chi connectivity index (χ0) is 26.5. The Morgan fingerprint density at radius 3 is 2.50 bits per heavy atom. The minimum atomic E-state index is -3.28. The molecule has 0 aromatic carbocycles. The molecule has 3 rings (SSSR count). The predicted molar refractivity (Wildman–Crippen MR) is 142 cm³/mol. The molecule has 0 atom stereocenters. The van der Waals surface area contributed by atoms with E-state index in [1.165, 1.54) is 26.7 Å². The van der Waals surface area contributed by atoms with Crippen molar-refractivity contribution >= 4 is 50.8 Å². The second-order valence-corrected chi connectivity index (χ2v) is 11.3. The lowest BCUT2D eigenvalue weighted by Gasteiger charge is -2.33. The normalized spacial score (nSPS) is 16.3. The summed E-state index contributed by atoms with van der Waals surface area (Å²) >= 11 is 18.3. The number of imidazole rings is 1. The Morgan fingerprint density at radius 1 is 1.25 bits per heavy atom. The maximum Gasteiger partial charge on any atom is 0.354 e. The zero-order valence-corrected chi connectivity index (χ0v) is 22.7. The minimum Gasteiger partial charge on any atom is -0.477 e. The number of rotatable bonds is 10. The highest BCUT2D eigenvalue weighted by Gasteiger charge is 2.29. The molecular weight excluding hydrogens is 549 g/mol. The summed E-state index contributed by atoms with van der Waals surface area (Å²) in [5.74, 6) is -0.786. The fourth-order valence-corrected chi connectivity index (χ4v) is 5.44. The van der Waals surface area contributed by atoms with Crippen molar-refractivity contribution in [1.29, 1.82) is 0 Å². The first kappa shape index (κ1) is 28.4. The van der Waals surface area contributed by atoms with E-state index in [-0.39, 0.29) is 24.5 Å². The Morgan fingerprint density at radius 2 is 1.94 bits per heavy atom. The van der Waals surface area contributed by atoms with E-state index in [0.29, 0.717) is 58.9 Å². The van der Waals surface area contributed by atoms with Crippen LogP contribution in [0.15, 0.2) is 53.3 Å². The number of carbonyl (C=O) groups is 1. The van der Waals surface area contributed by atoms with Crippen molar-refractivity contribution in [2.24, 2.45) is 0 Å². The van der Waals surface area contributed by atoms with Crippen LogP contribution >= 0.6 is 34.8 Å². The molecule has 1 aliphatic rings. The van der Waals surface area contributed by atoms with E-state index in [1.807, 2.05) is 4.90 Å². The van der Waals surface area contributed by atoms with Crippen LogP contribution in [0.2, 0.25) is 5.02 Å². The van der Waals surface area contributed by atoms with Crippen LogP contribution in [0, 0.1) is 0 Å². The minimum absolute atomic E-state index is 0.0254. The topological polar surface area (TPSA) is 109 Å². The predicted octanol–water partition coefficient (Wildman–Crippen LogP) is 4.20. The summed E-state index contributed by atoms with van der Waals surface area (Å²) in [6.07, 6.45) is 6.02. The molecule has 1 saturated heterocycles. The molecule has 36 heavy (non-hydrogen) atoms. The van der Waals surface area contributed by atoms with Gasteiger partial charge in [0.05, 0.1) is 23.0 Å². The highest BCUT2D eigenvalue weighted by molar-refractivity contribution is 7.89. The number of carboxylic acid groups (broad SMARTS) is 1. The highest BCUT2D eigenvalue weighted by atomic mass is 35.5. The third-order valence-electron chi connectivity index (χ3n) is 5.75. The van der Waals surface area contributed by atoms with Gasteiger partial charge in [-0.05, 0) is 24.6 Å². The van der Waals surface area contributed by atoms with Crippen molar-refractivity contribution in [2.45, 2.75) is 20.0 Å². The lowest BCUT2D eigenvalue weighted by atomic mass is 10.2. The van der Waals surface area contributed by atoms with E-state index < -0.39 is 16.0 Å². The monoisotopic (exact) mass is 573 g/mol. The van der Waals surface area contributed by atoms with Gasteiger partial charge in [-0.15, -0.1) is 0 Å². The fourth-order valence-electron chi connectivity index (χ4n) is 3.91. The molecule has 0 unspecified atom stereocenters. The lowest BCUT2D eigenvalue weighted by molar-refractivity contribution is 0.0682. The molecule has 0 saturated carbocycles. The van der Waals surface area contributed by atoms with E-state index >= 15 is 0 Å². The molecule has 13 heteroatoms. The van der Waals surface area contributed by atoms with Gasteiger partial charge in [0.1, 0.15) is 5.82 Å².